The Morgan fingerprint density at radius 1 is 1.31 bits per heavy atom. The molecule has 4 N–H and O–H groups in total. The zero-order valence-corrected chi connectivity index (χ0v) is 17.9. The predicted molar refractivity (Wildman–Crippen MR) is 111 cm³/mol. The zero-order chi connectivity index (χ0) is 21.3. The van der Waals surface area contributed by atoms with Crippen molar-refractivity contribution >= 4 is 34.5 Å². The molecule has 160 valence electrons. The highest BCUT2D eigenvalue weighted by Gasteiger charge is 2.43. The smallest absolute Gasteiger partial charge is 0.226 e. The van der Waals surface area contributed by atoms with Gasteiger partial charge in [-0.2, -0.15) is 9.97 Å². The zero-order valence-electron chi connectivity index (χ0n) is 17.2. The van der Waals surface area contributed by atoms with Crippen LogP contribution in [0.4, 0.5) is 5.82 Å². The van der Waals surface area contributed by atoms with Gasteiger partial charge in [0, 0.05) is 13.0 Å². The Morgan fingerprint density at radius 3 is 2.69 bits per heavy atom. The number of hydrogen-bond donors (Lipinski definition) is 4. The molecule has 4 atom stereocenters. The summed E-state index contributed by atoms with van der Waals surface area (Å²) in [5.74, 6) is 0.361. The molecule has 1 saturated carbocycles. The van der Waals surface area contributed by atoms with E-state index in [-0.39, 0.29) is 16.6 Å². The van der Waals surface area contributed by atoms with Crippen LogP contribution in [0.15, 0.2) is 6.33 Å². The highest BCUT2D eigenvalue weighted by molar-refractivity contribution is 6.28. The minimum atomic E-state index is -1.07. The first-order chi connectivity index (χ1) is 13.6. The average molecular weight is 425 g/mol. The van der Waals surface area contributed by atoms with Crippen molar-refractivity contribution in [3.63, 3.8) is 0 Å². The number of rotatable bonds is 6. The summed E-state index contributed by atoms with van der Waals surface area (Å²) in [5, 5.41) is 27.0. The average Bonchev–Trinajstić information content (AvgIpc) is 3.16. The molecule has 9 nitrogen and oxygen atoms in total. The summed E-state index contributed by atoms with van der Waals surface area (Å²) in [7, 11) is 0. The fraction of sp³-hybridized carbons (Fsp3) is 0.684. The number of nitrogens with zero attached hydrogens (tertiary/aromatic N) is 4. The molecule has 1 fully saturated rings. The lowest BCUT2D eigenvalue weighted by atomic mass is 9.92. The molecule has 0 aliphatic heterocycles. The number of amides is 1. The number of fused-ring (bicyclic) bond motifs is 1. The summed E-state index contributed by atoms with van der Waals surface area (Å²) in [6, 6.07) is -1.04. The molecule has 1 unspecified atom stereocenters. The van der Waals surface area contributed by atoms with Crippen molar-refractivity contribution in [2.24, 2.45) is 5.41 Å². The first-order valence-electron chi connectivity index (χ1n) is 9.90. The molecule has 1 aliphatic rings. The molecule has 0 radical (unpaired) electrons. The Labute approximate surface area is 174 Å². The van der Waals surface area contributed by atoms with Gasteiger partial charge in [-0.05, 0) is 29.9 Å². The van der Waals surface area contributed by atoms with Crippen LogP contribution in [0.2, 0.25) is 5.28 Å². The van der Waals surface area contributed by atoms with E-state index in [1.165, 1.54) is 0 Å². The second kappa shape index (κ2) is 8.41. The van der Waals surface area contributed by atoms with Crippen LogP contribution in [-0.4, -0.2) is 60.4 Å². The topological polar surface area (TPSA) is 125 Å². The minimum absolute atomic E-state index is 0.0707. The number of halogens is 1. The van der Waals surface area contributed by atoms with E-state index in [9.17, 15) is 15.0 Å². The van der Waals surface area contributed by atoms with Crippen LogP contribution < -0.4 is 10.6 Å². The molecular weight excluding hydrogens is 396 g/mol. The van der Waals surface area contributed by atoms with Gasteiger partial charge in [0.2, 0.25) is 11.2 Å². The van der Waals surface area contributed by atoms with Gasteiger partial charge in [0.1, 0.15) is 12.2 Å². The molecule has 0 aromatic carbocycles. The van der Waals surface area contributed by atoms with E-state index in [4.69, 9.17) is 11.6 Å². The van der Waals surface area contributed by atoms with Crippen LogP contribution in [0, 0.1) is 5.41 Å². The molecular formula is C19H29ClN6O3. The summed E-state index contributed by atoms with van der Waals surface area (Å²) >= 11 is 6.14. The largest absolute Gasteiger partial charge is 0.388 e. The van der Waals surface area contributed by atoms with E-state index in [2.05, 4.69) is 46.4 Å². The van der Waals surface area contributed by atoms with E-state index < -0.39 is 24.3 Å². The molecule has 2 aromatic heterocycles. The first-order valence-corrected chi connectivity index (χ1v) is 10.3. The van der Waals surface area contributed by atoms with Gasteiger partial charge in [0.25, 0.3) is 0 Å². The lowest BCUT2D eigenvalue weighted by Gasteiger charge is -2.19. The number of aromatic nitrogens is 4. The Kier molecular flexibility index (Phi) is 6.30. The monoisotopic (exact) mass is 424 g/mol. The van der Waals surface area contributed by atoms with Gasteiger partial charge in [-0.15, -0.1) is 0 Å². The molecule has 2 aromatic rings. The quantitative estimate of drug-likeness (QED) is 0.521. The number of carbonyl (C=O) groups excluding carboxylic acids is 1. The number of hydrogen-bond acceptors (Lipinski definition) is 7. The summed E-state index contributed by atoms with van der Waals surface area (Å²) in [6.45, 7) is 8.92. The number of anilines is 1. The highest BCUT2D eigenvalue weighted by Crippen LogP contribution is 2.34. The molecule has 0 spiro atoms. The van der Waals surface area contributed by atoms with E-state index >= 15 is 0 Å². The summed E-state index contributed by atoms with van der Waals surface area (Å²) in [5.41, 5.74) is 1.19. The van der Waals surface area contributed by atoms with E-state index in [0.29, 0.717) is 36.4 Å². The van der Waals surface area contributed by atoms with Gasteiger partial charge in [-0.3, -0.25) is 4.79 Å². The lowest BCUT2D eigenvalue weighted by molar-refractivity contribution is -0.122. The number of imidazole rings is 1. The van der Waals surface area contributed by atoms with Crippen LogP contribution in [0.25, 0.3) is 11.2 Å². The third-order valence-corrected chi connectivity index (χ3v) is 5.41. The second-order valence-corrected chi connectivity index (χ2v) is 9.05. The van der Waals surface area contributed by atoms with E-state index in [0.717, 1.165) is 6.42 Å². The Morgan fingerprint density at radius 2 is 2.03 bits per heavy atom. The Bertz CT molecular complexity index is 881. The Balaban J connectivity index is 1.86. The second-order valence-electron chi connectivity index (χ2n) is 8.71. The SMILES string of the molecule is CCC(=O)N[C@H]1CC(n2cnc3c(NCCC(C)(C)C)nc(Cl)nc32)[C@H](O)[C@@H]1O. The third-order valence-electron chi connectivity index (χ3n) is 5.24. The van der Waals surface area contributed by atoms with E-state index in [1.807, 2.05) is 0 Å². The lowest BCUT2D eigenvalue weighted by Crippen LogP contribution is -2.42. The summed E-state index contributed by atoms with van der Waals surface area (Å²) in [4.78, 5) is 24.7. The molecule has 0 bridgehead atoms. The fourth-order valence-corrected chi connectivity index (χ4v) is 3.71. The standard InChI is InChI=1S/C19H29ClN6O3/c1-5-12(27)23-10-8-11(15(29)14(10)28)26-9-22-13-16(21-7-6-19(2,3)4)24-18(20)25-17(13)26/h9-11,14-15,28-29H,5-8H2,1-4H3,(H,23,27)(H,21,24,25)/t10-,11?,14+,15-/m0/s1. The van der Waals surface area contributed by atoms with Gasteiger partial charge in [0.15, 0.2) is 17.0 Å². The third kappa shape index (κ3) is 4.79. The van der Waals surface area contributed by atoms with Gasteiger partial charge >= 0.3 is 0 Å². The van der Waals surface area contributed by atoms with Crippen molar-refractivity contribution in [3.05, 3.63) is 11.6 Å². The van der Waals surface area contributed by atoms with Gasteiger partial charge in [0.05, 0.1) is 18.4 Å². The maximum absolute atomic E-state index is 11.7. The summed E-state index contributed by atoms with van der Waals surface area (Å²) in [6.07, 6.45) is 1.02. The molecule has 3 rings (SSSR count). The van der Waals surface area contributed by atoms with Crippen molar-refractivity contribution in [2.45, 2.75) is 71.2 Å². The normalized spacial score (nSPS) is 24.8. The molecule has 0 saturated heterocycles. The van der Waals surface area contributed by atoms with Crippen LogP contribution in [-0.2, 0) is 4.79 Å². The van der Waals surface area contributed by atoms with Crippen molar-refractivity contribution in [3.8, 4) is 0 Å². The predicted octanol–water partition coefficient (Wildman–Crippen LogP) is 1.89. The first kappa shape index (κ1) is 21.7. The van der Waals surface area contributed by atoms with E-state index in [1.54, 1.807) is 17.8 Å². The summed E-state index contributed by atoms with van der Waals surface area (Å²) < 4.78 is 1.70. The molecule has 1 amide bonds. The highest BCUT2D eigenvalue weighted by atomic mass is 35.5. The molecule has 29 heavy (non-hydrogen) atoms. The number of aliphatic hydroxyl groups excluding tert-OH is 2. The van der Waals surface area contributed by atoms with Crippen molar-refractivity contribution in [1.82, 2.24) is 24.8 Å². The maximum Gasteiger partial charge on any atom is 0.226 e. The van der Waals surface area contributed by atoms with Crippen LogP contribution in [0.1, 0.15) is 53.0 Å². The van der Waals surface area contributed by atoms with Crippen molar-refractivity contribution in [1.29, 1.82) is 0 Å². The van der Waals surface area contributed by atoms with Crippen molar-refractivity contribution in [2.75, 3.05) is 11.9 Å². The molecule has 2 heterocycles. The fourth-order valence-electron chi connectivity index (χ4n) is 3.55. The van der Waals surface area contributed by atoms with Gasteiger partial charge < -0.3 is 25.4 Å². The molecule has 10 heteroatoms. The van der Waals surface area contributed by atoms with Gasteiger partial charge in [-0.1, -0.05) is 27.7 Å². The van der Waals surface area contributed by atoms with Crippen LogP contribution >= 0.6 is 11.6 Å². The minimum Gasteiger partial charge on any atom is -0.388 e. The van der Waals surface area contributed by atoms with Crippen LogP contribution in [0.3, 0.4) is 0 Å². The number of carbonyl (C=O) groups is 1. The molecule has 1 aliphatic carbocycles. The van der Waals surface area contributed by atoms with Crippen molar-refractivity contribution < 1.29 is 15.0 Å². The van der Waals surface area contributed by atoms with Crippen LogP contribution in [0.5, 0.6) is 0 Å². The number of aliphatic hydroxyl groups is 2. The van der Waals surface area contributed by atoms with Gasteiger partial charge in [-0.25, -0.2) is 4.98 Å². The Hall–Kier alpha value is -1.97. The number of nitrogens with one attached hydrogen (secondary N) is 2. The maximum atomic E-state index is 11.7.